The topological polar surface area (TPSA) is 79.3 Å². The summed E-state index contributed by atoms with van der Waals surface area (Å²) in [5, 5.41) is 11.6. The number of anilines is 1. The summed E-state index contributed by atoms with van der Waals surface area (Å²) in [6.07, 6.45) is 2.91. The van der Waals surface area contributed by atoms with Crippen LogP contribution in [0.15, 0.2) is 18.3 Å². The van der Waals surface area contributed by atoms with Gasteiger partial charge in [-0.25, -0.2) is 9.78 Å². The molecule has 1 aromatic heterocycles. The molecule has 6 heteroatoms. The van der Waals surface area contributed by atoms with E-state index in [-0.39, 0.29) is 5.56 Å². The second-order valence-corrected chi connectivity index (χ2v) is 4.50. The number of nitrogens with zero attached hydrogens (tertiary/aromatic N) is 1. The Bertz CT molecular complexity index is 364. The van der Waals surface area contributed by atoms with Crippen molar-refractivity contribution >= 4 is 22.6 Å². The predicted molar refractivity (Wildman–Crippen MR) is 58.6 cm³/mol. The van der Waals surface area contributed by atoms with Crippen LogP contribution in [0, 0.1) is 0 Å². The maximum atomic E-state index is 10.8. The Morgan fingerprint density at radius 3 is 2.80 bits per heavy atom. The van der Waals surface area contributed by atoms with Gasteiger partial charge in [-0.3, -0.25) is 4.21 Å². The van der Waals surface area contributed by atoms with Crippen molar-refractivity contribution in [1.29, 1.82) is 0 Å². The van der Waals surface area contributed by atoms with E-state index in [1.165, 1.54) is 12.3 Å². The average Bonchev–Trinajstić information content (AvgIpc) is 2.18. The molecule has 0 spiro atoms. The Kier molecular flexibility index (Phi) is 4.23. The molecular formula is C9H12N2O3S. The first-order valence-electron chi connectivity index (χ1n) is 4.33. The molecule has 1 rings (SSSR count). The van der Waals surface area contributed by atoms with Crippen LogP contribution in [0.25, 0.3) is 0 Å². The highest BCUT2D eigenvalue weighted by atomic mass is 32.2. The Morgan fingerprint density at radius 1 is 1.60 bits per heavy atom. The molecule has 0 saturated carbocycles. The molecule has 5 nitrogen and oxygen atoms in total. The van der Waals surface area contributed by atoms with Gasteiger partial charge in [-0.15, -0.1) is 0 Å². The third-order valence-corrected chi connectivity index (χ3v) is 2.49. The van der Waals surface area contributed by atoms with Gasteiger partial charge in [0.05, 0.1) is 5.56 Å². The molecule has 0 radical (unpaired) electrons. The van der Waals surface area contributed by atoms with E-state index in [2.05, 4.69) is 10.3 Å². The zero-order chi connectivity index (χ0) is 11.3. The quantitative estimate of drug-likeness (QED) is 0.770. The first-order chi connectivity index (χ1) is 7.09. The maximum absolute atomic E-state index is 10.8. The van der Waals surface area contributed by atoms with Crippen molar-refractivity contribution in [3.8, 4) is 0 Å². The number of aromatic nitrogens is 1. The Morgan fingerprint density at radius 2 is 2.33 bits per heavy atom. The highest BCUT2D eigenvalue weighted by molar-refractivity contribution is 7.84. The first kappa shape index (κ1) is 11.6. The Labute approximate surface area is 90.0 Å². The summed E-state index contributed by atoms with van der Waals surface area (Å²) in [6, 6.07) is 3.06. The lowest BCUT2D eigenvalue weighted by atomic mass is 10.3. The van der Waals surface area contributed by atoms with Crippen LogP contribution in [-0.2, 0) is 10.8 Å². The Hall–Kier alpha value is -1.43. The molecule has 1 heterocycles. The zero-order valence-electron chi connectivity index (χ0n) is 8.27. The SMILES string of the molecule is CS(=O)CCNc1ccc(C(=O)O)cn1. The number of aromatic carboxylic acids is 1. The lowest BCUT2D eigenvalue weighted by Gasteiger charge is -2.03. The van der Waals surface area contributed by atoms with E-state index in [0.29, 0.717) is 18.1 Å². The second kappa shape index (κ2) is 5.45. The van der Waals surface area contributed by atoms with Crippen molar-refractivity contribution in [1.82, 2.24) is 4.98 Å². The number of pyridine rings is 1. The van der Waals surface area contributed by atoms with Crippen LogP contribution in [0.3, 0.4) is 0 Å². The molecule has 2 N–H and O–H groups in total. The van der Waals surface area contributed by atoms with Gasteiger partial charge < -0.3 is 10.4 Å². The number of carboxylic acids is 1. The summed E-state index contributed by atoms with van der Waals surface area (Å²) in [5.41, 5.74) is 0.152. The number of carbonyl (C=O) groups is 1. The molecule has 0 fully saturated rings. The van der Waals surface area contributed by atoms with Crippen LogP contribution in [-0.4, -0.2) is 38.8 Å². The number of carboxylic acid groups (broad SMARTS) is 1. The maximum Gasteiger partial charge on any atom is 0.337 e. The first-order valence-corrected chi connectivity index (χ1v) is 6.05. The van der Waals surface area contributed by atoms with Crippen molar-refractivity contribution in [2.75, 3.05) is 23.9 Å². The molecule has 0 aromatic carbocycles. The molecule has 82 valence electrons. The monoisotopic (exact) mass is 228 g/mol. The van der Waals surface area contributed by atoms with Gasteiger partial charge in [-0.05, 0) is 12.1 Å². The third-order valence-electron chi connectivity index (χ3n) is 1.71. The fourth-order valence-corrected chi connectivity index (χ4v) is 1.34. The summed E-state index contributed by atoms with van der Waals surface area (Å²) < 4.78 is 10.8. The van der Waals surface area contributed by atoms with E-state index < -0.39 is 16.8 Å². The molecule has 1 atom stereocenters. The van der Waals surface area contributed by atoms with Gasteiger partial charge in [0.15, 0.2) is 0 Å². The van der Waals surface area contributed by atoms with E-state index >= 15 is 0 Å². The molecule has 0 aliphatic heterocycles. The summed E-state index contributed by atoms with van der Waals surface area (Å²) >= 11 is 0. The zero-order valence-corrected chi connectivity index (χ0v) is 9.08. The number of nitrogens with one attached hydrogen (secondary N) is 1. The number of rotatable bonds is 5. The van der Waals surface area contributed by atoms with Gasteiger partial charge in [-0.1, -0.05) is 0 Å². The van der Waals surface area contributed by atoms with Crippen LogP contribution >= 0.6 is 0 Å². The van der Waals surface area contributed by atoms with Gasteiger partial charge in [0.2, 0.25) is 0 Å². The van der Waals surface area contributed by atoms with E-state index in [1.54, 1.807) is 12.3 Å². The molecule has 0 bridgehead atoms. The lowest BCUT2D eigenvalue weighted by Crippen LogP contribution is -2.11. The van der Waals surface area contributed by atoms with Gasteiger partial charge in [0.1, 0.15) is 5.82 Å². The molecule has 15 heavy (non-hydrogen) atoms. The average molecular weight is 228 g/mol. The summed E-state index contributed by atoms with van der Waals surface area (Å²) in [7, 11) is -0.835. The lowest BCUT2D eigenvalue weighted by molar-refractivity contribution is 0.0696. The summed E-state index contributed by atoms with van der Waals surface area (Å²) in [6.45, 7) is 0.558. The highest BCUT2D eigenvalue weighted by Gasteiger charge is 2.02. The van der Waals surface area contributed by atoms with Crippen LogP contribution in [0.1, 0.15) is 10.4 Å². The van der Waals surface area contributed by atoms with Gasteiger partial charge in [0.25, 0.3) is 0 Å². The van der Waals surface area contributed by atoms with Gasteiger partial charge >= 0.3 is 5.97 Å². The molecule has 1 unspecified atom stereocenters. The van der Waals surface area contributed by atoms with E-state index in [1.807, 2.05) is 0 Å². The molecular weight excluding hydrogens is 216 g/mol. The van der Waals surface area contributed by atoms with Crippen molar-refractivity contribution in [3.63, 3.8) is 0 Å². The minimum absolute atomic E-state index is 0.152. The van der Waals surface area contributed by atoms with Crippen molar-refractivity contribution in [2.24, 2.45) is 0 Å². The molecule has 1 aromatic rings. The molecule has 0 aliphatic rings. The van der Waals surface area contributed by atoms with Crippen LogP contribution < -0.4 is 5.32 Å². The molecule has 0 saturated heterocycles. The van der Waals surface area contributed by atoms with Crippen LogP contribution in [0.4, 0.5) is 5.82 Å². The van der Waals surface area contributed by atoms with Crippen molar-refractivity contribution < 1.29 is 14.1 Å². The number of hydrogen-bond donors (Lipinski definition) is 2. The van der Waals surface area contributed by atoms with Crippen molar-refractivity contribution in [3.05, 3.63) is 23.9 Å². The van der Waals surface area contributed by atoms with Gasteiger partial charge in [-0.2, -0.15) is 0 Å². The summed E-state index contributed by atoms with van der Waals surface area (Å²) in [5.74, 6) is 0.136. The molecule has 0 aliphatic carbocycles. The third kappa shape index (κ3) is 4.07. The predicted octanol–water partition coefficient (Wildman–Crippen LogP) is 0.570. The minimum Gasteiger partial charge on any atom is -0.478 e. The Balaban J connectivity index is 2.50. The molecule has 0 amide bonds. The van der Waals surface area contributed by atoms with E-state index in [0.717, 1.165) is 0 Å². The minimum atomic E-state index is -0.997. The normalized spacial score (nSPS) is 12.1. The highest BCUT2D eigenvalue weighted by Crippen LogP contribution is 2.04. The fourth-order valence-electron chi connectivity index (χ4n) is 0.948. The van der Waals surface area contributed by atoms with Crippen molar-refractivity contribution in [2.45, 2.75) is 0 Å². The number of hydrogen-bond acceptors (Lipinski definition) is 4. The standard InChI is InChI=1S/C9H12N2O3S/c1-15(14)5-4-10-8-3-2-7(6-11-8)9(12)13/h2-3,6H,4-5H2,1H3,(H,10,11)(H,12,13). The smallest absolute Gasteiger partial charge is 0.337 e. The van der Waals surface area contributed by atoms with Gasteiger partial charge in [0, 0.05) is 35.5 Å². The van der Waals surface area contributed by atoms with E-state index in [4.69, 9.17) is 5.11 Å². The fraction of sp³-hybridized carbons (Fsp3) is 0.333. The van der Waals surface area contributed by atoms with Crippen LogP contribution in [0.2, 0.25) is 0 Å². The summed E-state index contributed by atoms with van der Waals surface area (Å²) in [4.78, 5) is 14.4. The largest absolute Gasteiger partial charge is 0.478 e. The van der Waals surface area contributed by atoms with Crippen LogP contribution in [0.5, 0.6) is 0 Å². The van der Waals surface area contributed by atoms with E-state index in [9.17, 15) is 9.00 Å². The second-order valence-electron chi connectivity index (χ2n) is 2.94.